The average molecular weight is 272 g/mol. The maximum Gasteiger partial charge on any atom is 0.407 e. The van der Waals surface area contributed by atoms with Crippen LogP contribution in [0.5, 0.6) is 0 Å². The second-order valence-corrected chi connectivity index (χ2v) is 4.89. The summed E-state index contributed by atoms with van der Waals surface area (Å²) in [6.07, 6.45) is 0.0100. The molecular formula is C12H20N2O5. The Bertz CT molecular complexity index is 369. The van der Waals surface area contributed by atoms with E-state index in [0.29, 0.717) is 19.4 Å². The van der Waals surface area contributed by atoms with Crippen LogP contribution in [0.25, 0.3) is 0 Å². The molecule has 7 nitrogen and oxygen atoms in total. The van der Waals surface area contributed by atoms with Crippen LogP contribution in [0.1, 0.15) is 26.7 Å². The smallest absolute Gasteiger partial charge is 0.407 e. The summed E-state index contributed by atoms with van der Waals surface area (Å²) in [4.78, 5) is 35.7. The minimum absolute atomic E-state index is 0.129. The highest BCUT2D eigenvalue weighted by Crippen LogP contribution is 2.18. The zero-order chi connectivity index (χ0) is 14.6. The highest BCUT2D eigenvalue weighted by Gasteiger charge is 2.36. The van der Waals surface area contributed by atoms with Crippen molar-refractivity contribution < 1.29 is 24.2 Å². The topological polar surface area (TPSA) is 95.9 Å². The Balaban J connectivity index is 2.71. The van der Waals surface area contributed by atoms with E-state index in [2.05, 4.69) is 10.1 Å². The van der Waals surface area contributed by atoms with Gasteiger partial charge in [-0.2, -0.15) is 0 Å². The van der Waals surface area contributed by atoms with Crippen molar-refractivity contribution in [1.82, 2.24) is 10.2 Å². The van der Waals surface area contributed by atoms with Gasteiger partial charge < -0.3 is 15.2 Å². The lowest BCUT2D eigenvalue weighted by atomic mass is 10.0. The van der Waals surface area contributed by atoms with Crippen LogP contribution in [0.3, 0.4) is 0 Å². The Morgan fingerprint density at radius 3 is 2.47 bits per heavy atom. The lowest BCUT2D eigenvalue weighted by Gasteiger charge is -2.25. The molecule has 2 atom stereocenters. The van der Waals surface area contributed by atoms with Gasteiger partial charge in [-0.1, -0.05) is 13.8 Å². The van der Waals surface area contributed by atoms with Gasteiger partial charge in [0.1, 0.15) is 12.1 Å². The Morgan fingerprint density at radius 2 is 2.00 bits per heavy atom. The number of ether oxygens (including phenoxy) is 1. The van der Waals surface area contributed by atoms with Crippen LogP contribution in [-0.2, 0) is 14.3 Å². The van der Waals surface area contributed by atoms with Crippen molar-refractivity contribution in [1.29, 1.82) is 0 Å². The van der Waals surface area contributed by atoms with E-state index in [-0.39, 0.29) is 5.92 Å². The maximum absolute atomic E-state index is 12.1. The normalized spacial score (nSPS) is 20.2. The maximum atomic E-state index is 12.1. The minimum Gasteiger partial charge on any atom is -0.467 e. The van der Waals surface area contributed by atoms with Crippen molar-refractivity contribution in [3.05, 3.63) is 0 Å². The van der Waals surface area contributed by atoms with E-state index < -0.39 is 30.1 Å². The second kappa shape index (κ2) is 6.40. The van der Waals surface area contributed by atoms with Crippen molar-refractivity contribution in [2.75, 3.05) is 13.7 Å². The molecule has 0 radical (unpaired) electrons. The lowest BCUT2D eigenvalue weighted by molar-refractivity contribution is -0.146. The molecule has 0 aromatic carbocycles. The molecule has 0 aromatic rings. The van der Waals surface area contributed by atoms with Gasteiger partial charge in [0.2, 0.25) is 5.91 Å². The van der Waals surface area contributed by atoms with Crippen LogP contribution in [0.15, 0.2) is 0 Å². The lowest BCUT2D eigenvalue weighted by Crippen LogP contribution is -2.52. The zero-order valence-corrected chi connectivity index (χ0v) is 11.4. The molecule has 1 unspecified atom stereocenters. The molecule has 1 fully saturated rings. The predicted molar refractivity (Wildman–Crippen MR) is 66.5 cm³/mol. The van der Waals surface area contributed by atoms with E-state index in [1.54, 1.807) is 13.8 Å². The molecule has 0 aromatic heterocycles. The van der Waals surface area contributed by atoms with Gasteiger partial charge in [-0.3, -0.25) is 9.69 Å². The number of carbonyl (C=O) groups excluding carboxylic acids is 2. The Labute approximate surface area is 111 Å². The molecule has 0 aliphatic carbocycles. The number of carboxylic acid groups (broad SMARTS) is 1. The van der Waals surface area contributed by atoms with E-state index in [4.69, 9.17) is 5.11 Å². The largest absolute Gasteiger partial charge is 0.467 e. The number of likely N-dealkylation sites (tertiary alicyclic amines) is 1. The summed E-state index contributed by atoms with van der Waals surface area (Å²) in [7, 11) is 1.25. The number of esters is 1. The first kappa shape index (κ1) is 15.3. The third kappa shape index (κ3) is 3.59. The molecule has 1 saturated heterocycles. The van der Waals surface area contributed by atoms with E-state index in [9.17, 15) is 14.4 Å². The fraction of sp³-hybridized carbons (Fsp3) is 0.750. The third-order valence-electron chi connectivity index (χ3n) is 3.22. The summed E-state index contributed by atoms with van der Waals surface area (Å²) < 4.78 is 4.63. The first-order chi connectivity index (χ1) is 8.88. The van der Waals surface area contributed by atoms with Gasteiger partial charge in [-0.15, -0.1) is 0 Å². The molecule has 0 bridgehead atoms. The van der Waals surface area contributed by atoms with Crippen LogP contribution >= 0.6 is 0 Å². The summed E-state index contributed by atoms with van der Waals surface area (Å²) >= 11 is 0. The molecule has 1 heterocycles. The zero-order valence-electron chi connectivity index (χ0n) is 11.4. The number of hydrogen-bond acceptors (Lipinski definition) is 4. The average Bonchev–Trinajstić information content (AvgIpc) is 2.83. The minimum atomic E-state index is -1.11. The standard InChI is InChI=1S/C12H20N2O5/c1-7(2)9(11(16)19-3)13-10(15)8-5-4-6-14(8)12(17)18/h7-9H,4-6H2,1-3H3,(H,13,15)(H,17,18)/t8-,9?/m0/s1. The molecule has 1 aliphatic rings. The van der Waals surface area contributed by atoms with Crippen molar-refractivity contribution in [3.8, 4) is 0 Å². The van der Waals surface area contributed by atoms with Gasteiger partial charge in [0.05, 0.1) is 7.11 Å². The summed E-state index contributed by atoms with van der Waals surface area (Å²) in [5, 5.41) is 11.6. The molecule has 1 rings (SSSR count). The molecule has 2 N–H and O–H groups in total. The van der Waals surface area contributed by atoms with Gasteiger partial charge in [-0.25, -0.2) is 9.59 Å². The number of methoxy groups -OCH3 is 1. The van der Waals surface area contributed by atoms with Gasteiger partial charge in [0.25, 0.3) is 0 Å². The molecular weight excluding hydrogens is 252 g/mol. The second-order valence-electron chi connectivity index (χ2n) is 4.89. The summed E-state index contributed by atoms with van der Waals surface area (Å²) in [5.74, 6) is -1.09. The van der Waals surface area contributed by atoms with Gasteiger partial charge in [-0.05, 0) is 18.8 Å². The Kier molecular flexibility index (Phi) is 5.14. The van der Waals surface area contributed by atoms with Crippen molar-refractivity contribution >= 4 is 18.0 Å². The third-order valence-corrected chi connectivity index (χ3v) is 3.22. The van der Waals surface area contributed by atoms with Crippen LogP contribution in [-0.4, -0.2) is 53.7 Å². The monoisotopic (exact) mass is 272 g/mol. The first-order valence-electron chi connectivity index (χ1n) is 6.26. The number of hydrogen-bond donors (Lipinski definition) is 2. The summed E-state index contributed by atoms with van der Waals surface area (Å²) in [6.45, 7) is 3.91. The molecule has 7 heteroatoms. The quantitative estimate of drug-likeness (QED) is 0.724. The molecule has 0 spiro atoms. The van der Waals surface area contributed by atoms with Crippen molar-refractivity contribution in [3.63, 3.8) is 0 Å². The van der Waals surface area contributed by atoms with E-state index in [1.165, 1.54) is 7.11 Å². The molecule has 19 heavy (non-hydrogen) atoms. The molecule has 0 saturated carbocycles. The Hall–Kier alpha value is -1.79. The SMILES string of the molecule is COC(=O)C(NC(=O)[C@@H]1CCCN1C(=O)O)C(C)C. The Morgan fingerprint density at radius 1 is 1.37 bits per heavy atom. The number of nitrogens with one attached hydrogen (secondary N) is 1. The van der Waals surface area contributed by atoms with E-state index in [1.807, 2.05) is 0 Å². The fourth-order valence-corrected chi connectivity index (χ4v) is 2.14. The number of nitrogens with zero attached hydrogens (tertiary/aromatic N) is 1. The summed E-state index contributed by atoms with van der Waals surface area (Å²) in [5.41, 5.74) is 0. The van der Waals surface area contributed by atoms with Crippen LogP contribution in [0, 0.1) is 5.92 Å². The van der Waals surface area contributed by atoms with Crippen LogP contribution in [0.4, 0.5) is 4.79 Å². The van der Waals surface area contributed by atoms with Crippen LogP contribution < -0.4 is 5.32 Å². The number of carbonyl (C=O) groups is 3. The summed E-state index contributed by atoms with van der Waals surface area (Å²) in [6, 6.07) is -1.47. The van der Waals surface area contributed by atoms with E-state index >= 15 is 0 Å². The number of rotatable bonds is 4. The molecule has 2 amide bonds. The van der Waals surface area contributed by atoms with Crippen molar-refractivity contribution in [2.45, 2.75) is 38.8 Å². The first-order valence-corrected chi connectivity index (χ1v) is 6.26. The highest BCUT2D eigenvalue weighted by atomic mass is 16.5. The number of amides is 2. The molecule has 1 aliphatic heterocycles. The van der Waals surface area contributed by atoms with Gasteiger partial charge in [0.15, 0.2) is 0 Å². The van der Waals surface area contributed by atoms with Gasteiger partial charge in [0, 0.05) is 6.54 Å². The van der Waals surface area contributed by atoms with Crippen molar-refractivity contribution in [2.24, 2.45) is 5.92 Å². The van der Waals surface area contributed by atoms with Gasteiger partial charge >= 0.3 is 12.1 Å². The van der Waals surface area contributed by atoms with Crippen LogP contribution in [0.2, 0.25) is 0 Å². The van der Waals surface area contributed by atoms with E-state index in [0.717, 1.165) is 4.90 Å². The highest BCUT2D eigenvalue weighted by molar-refractivity contribution is 5.89. The predicted octanol–water partition coefficient (Wildman–Crippen LogP) is 0.443. The fourth-order valence-electron chi connectivity index (χ4n) is 2.14. The molecule has 108 valence electrons.